The van der Waals surface area contributed by atoms with Crippen LogP contribution in [0.15, 0.2) is 17.5 Å². The molecule has 0 aromatic carbocycles. The fourth-order valence-electron chi connectivity index (χ4n) is 1.46. The van der Waals surface area contributed by atoms with Gasteiger partial charge in [0.15, 0.2) is 0 Å². The van der Waals surface area contributed by atoms with Crippen molar-refractivity contribution in [2.75, 3.05) is 7.05 Å². The average molecular weight is 240 g/mol. The summed E-state index contributed by atoms with van der Waals surface area (Å²) in [7, 11) is 1.82. The van der Waals surface area contributed by atoms with Crippen LogP contribution < -0.4 is 5.73 Å². The van der Waals surface area contributed by atoms with Gasteiger partial charge in [0.1, 0.15) is 6.04 Å². The summed E-state index contributed by atoms with van der Waals surface area (Å²) in [5.41, 5.74) is 5.94. The molecule has 0 aliphatic heterocycles. The second-order valence-corrected chi connectivity index (χ2v) is 5.41. The van der Waals surface area contributed by atoms with E-state index in [-0.39, 0.29) is 11.9 Å². The first-order valence-electron chi connectivity index (χ1n) is 5.50. The van der Waals surface area contributed by atoms with Gasteiger partial charge in [-0.1, -0.05) is 19.9 Å². The zero-order valence-electron chi connectivity index (χ0n) is 10.3. The van der Waals surface area contributed by atoms with Gasteiger partial charge in [-0.25, -0.2) is 0 Å². The van der Waals surface area contributed by atoms with Crippen LogP contribution in [0.25, 0.3) is 0 Å². The Labute approximate surface area is 101 Å². The van der Waals surface area contributed by atoms with E-state index in [1.54, 1.807) is 4.90 Å². The van der Waals surface area contributed by atoms with Crippen molar-refractivity contribution in [2.45, 2.75) is 32.9 Å². The molecule has 0 bridgehead atoms. The third-order valence-corrected chi connectivity index (χ3v) is 3.99. The minimum absolute atomic E-state index is 0.0105. The molecule has 1 aromatic rings. The number of hydrogen-bond donors (Lipinski definition) is 1. The van der Waals surface area contributed by atoms with Crippen LogP contribution in [-0.4, -0.2) is 23.9 Å². The molecule has 1 rings (SSSR count). The summed E-state index contributed by atoms with van der Waals surface area (Å²) < 4.78 is 0. The number of carbonyl (C=O) groups excluding carboxylic acids is 1. The van der Waals surface area contributed by atoms with E-state index in [4.69, 9.17) is 5.73 Å². The molecular weight excluding hydrogens is 220 g/mol. The number of thiophene rings is 1. The Morgan fingerprint density at radius 1 is 1.44 bits per heavy atom. The number of nitrogens with two attached hydrogens (primary N) is 1. The van der Waals surface area contributed by atoms with E-state index in [1.165, 1.54) is 11.3 Å². The summed E-state index contributed by atoms with van der Waals surface area (Å²) in [6.45, 7) is 6.25. The number of hydrogen-bond acceptors (Lipinski definition) is 3. The van der Waals surface area contributed by atoms with Gasteiger partial charge in [-0.15, -0.1) is 11.3 Å². The van der Waals surface area contributed by atoms with Gasteiger partial charge in [-0.05, 0) is 24.3 Å². The second-order valence-electron chi connectivity index (χ2n) is 4.43. The van der Waals surface area contributed by atoms with Crippen molar-refractivity contribution in [3.8, 4) is 0 Å². The summed E-state index contributed by atoms with van der Waals surface area (Å²) in [5.74, 6) is 0.424. The summed E-state index contributed by atoms with van der Waals surface area (Å²) in [6.07, 6.45) is 0. The highest BCUT2D eigenvalue weighted by molar-refractivity contribution is 7.10. The number of carbonyl (C=O) groups is 1. The van der Waals surface area contributed by atoms with E-state index >= 15 is 0 Å². The molecule has 0 aliphatic rings. The third-order valence-electron chi connectivity index (χ3n) is 3.04. The number of likely N-dealkylation sites (N-methyl/N-ethyl adjacent to an activating group) is 1. The summed E-state index contributed by atoms with van der Waals surface area (Å²) in [4.78, 5) is 14.8. The average Bonchev–Trinajstić information content (AvgIpc) is 2.78. The van der Waals surface area contributed by atoms with Gasteiger partial charge >= 0.3 is 0 Å². The van der Waals surface area contributed by atoms with Crippen LogP contribution in [0.5, 0.6) is 0 Å². The summed E-state index contributed by atoms with van der Waals surface area (Å²) in [6, 6.07) is 3.50. The minimum atomic E-state index is -0.522. The Hall–Kier alpha value is -0.870. The maximum Gasteiger partial charge on any atom is 0.244 e. The first kappa shape index (κ1) is 13.2. The zero-order chi connectivity index (χ0) is 12.3. The van der Waals surface area contributed by atoms with Crippen molar-refractivity contribution in [3.05, 3.63) is 22.4 Å². The molecule has 1 heterocycles. The highest BCUT2D eigenvalue weighted by Gasteiger charge is 2.25. The molecule has 16 heavy (non-hydrogen) atoms. The van der Waals surface area contributed by atoms with Crippen LogP contribution in [0.4, 0.5) is 0 Å². The molecule has 0 fully saturated rings. The highest BCUT2D eigenvalue weighted by Crippen LogP contribution is 2.20. The Bertz CT molecular complexity index is 335. The standard InChI is InChI=1S/C12H20N2OS/c1-8(2)9(3)14(4)12(15)11(13)10-6-5-7-16-10/h5-9,11H,13H2,1-4H3. The first-order chi connectivity index (χ1) is 7.45. The molecule has 4 heteroatoms. The lowest BCUT2D eigenvalue weighted by Crippen LogP contribution is -2.43. The Kier molecular flexibility index (Phi) is 4.50. The lowest BCUT2D eigenvalue weighted by Gasteiger charge is -2.29. The fraction of sp³-hybridized carbons (Fsp3) is 0.583. The van der Waals surface area contributed by atoms with Gasteiger partial charge in [-0.3, -0.25) is 4.79 Å². The van der Waals surface area contributed by atoms with Crippen LogP contribution in [0.3, 0.4) is 0 Å². The first-order valence-corrected chi connectivity index (χ1v) is 6.38. The Morgan fingerprint density at radius 2 is 2.06 bits per heavy atom. The molecule has 1 amide bonds. The Morgan fingerprint density at radius 3 is 2.50 bits per heavy atom. The highest BCUT2D eigenvalue weighted by atomic mass is 32.1. The van der Waals surface area contributed by atoms with Crippen molar-refractivity contribution < 1.29 is 4.79 Å². The van der Waals surface area contributed by atoms with Gasteiger partial charge in [0, 0.05) is 18.0 Å². The maximum absolute atomic E-state index is 12.1. The predicted octanol–water partition coefficient (Wildman–Crippen LogP) is 2.25. The van der Waals surface area contributed by atoms with Gasteiger partial charge in [0.05, 0.1) is 0 Å². The molecule has 2 atom stereocenters. The number of nitrogens with zero attached hydrogens (tertiary/aromatic N) is 1. The SMILES string of the molecule is CC(C)C(C)N(C)C(=O)C(N)c1cccs1. The molecule has 0 aliphatic carbocycles. The molecular formula is C12H20N2OS. The molecule has 0 saturated carbocycles. The van der Waals surface area contributed by atoms with E-state index in [2.05, 4.69) is 13.8 Å². The van der Waals surface area contributed by atoms with Gasteiger partial charge in [-0.2, -0.15) is 0 Å². The second kappa shape index (κ2) is 5.46. The monoisotopic (exact) mass is 240 g/mol. The third kappa shape index (κ3) is 2.83. The Balaban J connectivity index is 2.71. The van der Waals surface area contributed by atoms with E-state index in [9.17, 15) is 4.79 Å². The molecule has 0 radical (unpaired) electrons. The molecule has 0 saturated heterocycles. The minimum Gasteiger partial charge on any atom is -0.341 e. The van der Waals surface area contributed by atoms with Crippen LogP contribution >= 0.6 is 11.3 Å². The zero-order valence-corrected chi connectivity index (χ0v) is 11.1. The van der Waals surface area contributed by atoms with Crippen molar-refractivity contribution in [1.29, 1.82) is 0 Å². The number of rotatable bonds is 4. The van der Waals surface area contributed by atoms with Crippen molar-refractivity contribution >= 4 is 17.2 Å². The lowest BCUT2D eigenvalue weighted by molar-refractivity contribution is -0.133. The maximum atomic E-state index is 12.1. The van der Waals surface area contributed by atoms with Gasteiger partial charge in [0.25, 0.3) is 0 Å². The molecule has 90 valence electrons. The van der Waals surface area contributed by atoms with Crippen LogP contribution in [0.1, 0.15) is 31.7 Å². The molecule has 1 aromatic heterocycles. The fourth-order valence-corrected chi connectivity index (χ4v) is 2.18. The molecule has 2 unspecified atom stereocenters. The summed E-state index contributed by atoms with van der Waals surface area (Å²) >= 11 is 1.52. The topological polar surface area (TPSA) is 46.3 Å². The van der Waals surface area contributed by atoms with E-state index < -0.39 is 6.04 Å². The molecule has 0 spiro atoms. The lowest BCUT2D eigenvalue weighted by atomic mass is 10.0. The normalized spacial score (nSPS) is 14.9. The van der Waals surface area contributed by atoms with Gasteiger partial charge < -0.3 is 10.6 Å². The van der Waals surface area contributed by atoms with Crippen molar-refractivity contribution in [1.82, 2.24) is 4.90 Å². The van der Waals surface area contributed by atoms with Crippen molar-refractivity contribution in [2.24, 2.45) is 11.7 Å². The van der Waals surface area contributed by atoms with Crippen LogP contribution in [0.2, 0.25) is 0 Å². The molecule has 2 N–H and O–H groups in total. The van der Waals surface area contributed by atoms with E-state index in [0.717, 1.165) is 4.88 Å². The smallest absolute Gasteiger partial charge is 0.244 e. The predicted molar refractivity (Wildman–Crippen MR) is 68.3 cm³/mol. The molecule has 3 nitrogen and oxygen atoms in total. The summed E-state index contributed by atoms with van der Waals surface area (Å²) in [5, 5.41) is 1.94. The van der Waals surface area contributed by atoms with Crippen LogP contribution in [0, 0.1) is 5.92 Å². The number of amides is 1. The van der Waals surface area contributed by atoms with Crippen molar-refractivity contribution in [3.63, 3.8) is 0 Å². The quantitative estimate of drug-likeness (QED) is 0.877. The van der Waals surface area contributed by atoms with E-state index in [1.807, 2.05) is 31.5 Å². The largest absolute Gasteiger partial charge is 0.341 e. The van der Waals surface area contributed by atoms with Crippen LogP contribution in [-0.2, 0) is 4.79 Å². The van der Waals surface area contributed by atoms with Gasteiger partial charge in [0.2, 0.25) is 5.91 Å². The van der Waals surface area contributed by atoms with E-state index in [0.29, 0.717) is 5.92 Å².